The minimum Gasteiger partial charge on any atom is -0.379 e. The van der Waals surface area contributed by atoms with Gasteiger partial charge in [-0.3, -0.25) is 4.90 Å². The van der Waals surface area contributed by atoms with Crippen LogP contribution in [-0.4, -0.2) is 49.3 Å². The molecule has 0 aromatic heterocycles. The lowest BCUT2D eigenvalue weighted by Crippen LogP contribution is -2.60. The summed E-state index contributed by atoms with van der Waals surface area (Å²) in [5.41, 5.74) is 0.209. The van der Waals surface area contributed by atoms with Crippen molar-refractivity contribution in [3.8, 4) is 0 Å². The second-order valence-electron chi connectivity index (χ2n) is 6.89. The summed E-state index contributed by atoms with van der Waals surface area (Å²) in [6.45, 7) is 16.8. The third-order valence-corrected chi connectivity index (χ3v) is 4.74. The molecule has 0 spiro atoms. The van der Waals surface area contributed by atoms with Crippen LogP contribution in [0.25, 0.3) is 0 Å². The molecule has 3 heteroatoms. The summed E-state index contributed by atoms with van der Waals surface area (Å²) in [5.74, 6) is 0.801. The van der Waals surface area contributed by atoms with Crippen molar-refractivity contribution in [3.05, 3.63) is 0 Å². The summed E-state index contributed by atoms with van der Waals surface area (Å²) in [6, 6.07) is 0.571. The van der Waals surface area contributed by atoms with Crippen LogP contribution in [0.4, 0.5) is 0 Å². The zero-order valence-corrected chi connectivity index (χ0v) is 14.4. The van der Waals surface area contributed by atoms with Crippen molar-refractivity contribution in [2.75, 3.05) is 32.8 Å². The lowest BCUT2D eigenvalue weighted by atomic mass is 9.84. The number of rotatable bonds is 9. The van der Waals surface area contributed by atoms with Crippen molar-refractivity contribution in [1.82, 2.24) is 10.2 Å². The number of ether oxygens (including phenoxy) is 1. The van der Waals surface area contributed by atoms with E-state index < -0.39 is 0 Å². The molecule has 120 valence electrons. The van der Waals surface area contributed by atoms with Gasteiger partial charge in [0.05, 0.1) is 13.2 Å². The first-order valence-corrected chi connectivity index (χ1v) is 8.58. The average Bonchev–Trinajstić information content (AvgIpc) is 2.44. The van der Waals surface area contributed by atoms with E-state index in [2.05, 4.69) is 44.8 Å². The third-order valence-electron chi connectivity index (χ3n) is 4.74. The Bertz CT molecular complexity index is 249. The molecule has 20 heavy (non-hydrogen) atoms. The first kappa shape index (κ1) is 17.9. The van der Waals surface area contributed by atoms with Crippen LogP contribution in [-0.2, 0) is 4.74 Å². The van der Waals surface area contributed by atoms with Crippen LogP contribution in [0.3, 0.4) is 0 Å². The van der Waals surface area contributed by atoms with E-state index in [9.17, 15) is 0 Å². The van der Waals surface area contributed by atoms with Crippen molar-refractivity contribution in [1.29, 1.82) is 0 Å². The van der Waals surface area contributed by atoms with Crippen molar-refractivity contribution < 1.29 is 4.74 Å². The molecule has 1 rings (SSSR count). The van der Waals surface area contributed by atoms with E-state index in [1.807, 2.05) is 0 Å². The second-order valence-corrected chi connectivity index (χ2v) is 6.89. The number of hydrogen-bond acceptors (Lipinski definition) is 3. The maximum Gasteiger partial charge on any atom is 0.0594 e. The van der Waals surface area contributed by atoms with Crippen molar-refractivity contribution in [3.63, 3.8) is 0 Å². The molecule has 2 unspecified atom stereocenters. The highest BCUT2D eigenvalue weighted by molar-refractivity contribution is 4.95. The van der Waals surface area contributed by atoms with Crippen LogP contribution in [0, 0.1) is 5.92 Å². The summed E-state index contributed by atoms with van der Waals surface area (Å²) in [6.07, 6.45) is 5.11. The quantitative estimate of drug-likeness (QED) is 0.703. The summed E-state index contributed by atoms with van der Waals surface area (Å²) in [5, 5.41) is 3.81. The van der Waals surface area contributed by atoms with Gasteiger partial charge < -0.3 is 10.1 Å². The largest absolute Gasteiger partial charge is 0.379 e. The van der Waals surface area contributed by atoms with E-state index in [0.29, 0.717) is 6.04 Å². The Morgan fingerprint density at radius 1 is 1.15 bits per heavy atom. The Morgan fingerprint density at radius 2 is 1.80 bits per heavy atom. The highest BCUT2D eigenvalue weighted by Gasteiger charge is 2.36. The minimum absolute atomic E-state index is 0.209. The third kappa shape index (κ3) is 5.34. The van der Waals surface area contributed by atoms with Gasteiger partial charge >= 0.3 is 0 Å². The summed E-state index contributed by atoms with van der Waals surface area (Å²) in [7, 11) is 0. The average molecular weight is 284 g/mol. The van der Waals surface area contributed by atoms with Gasteiger partial charge in [-0.1, -0.05) is 33.6 Å². The summed E-state index contributed by atoms with van der Waals surface area (Å²) >= 11 is 0. The zero-order valence-electron chi connectivity index (χ0n) is 14.4. The molecule has 0 aromatic carbocycles. The lowest BCUT2D eigenvalue weighted by molar-refractivity contribution is -0.0261. The molecule has 0 radical (unpaired) electrons. The Hall–Kier alpha value is -0.120. The molecule has 0 aromatic rings. The topological polar surface area (TPSA) is 24.5 Å². The molecule has 1 N–H and O–H groups in total. The molecule has 1 aliphatic rings. The molecule has 0 aliphatic carbocycles. The monoisotopic (exact) mass is 284 g/mol. The fourth-order valence-electron chi connectivity index (χ4n) is 3.31. The normalized spacial score (nSPS) is 20.9. The van der Waals surface area contributed by atoms with Gasteiger partial charge in [-0.2, -0.15) is 0 Å². The van der Waals surface area contributed by atoms with Gasteiger partial charge in [0.15, 0.2) is 0 Å². The molecular weight excluding hydrogens is 248 g/mol. The highest BCUT2D eigenvalue weighted by atomic mass is 16.5. The number of morpholine rings is 1. The van der Waals surface area contributed by atoms with Gasteiger partial charge in [-0.05, 0) is 39.2 Å². The Balaban J connectivity index is 2.67. The van der Waals surface area contributed by atoms with Crippen LogP contribution in [0.1, 0.15) is 60.3 Å². The number of nitrogens with one attached hydrogen (secondary N) is 1. The van der Waals surface area contributed by atoms with E-state index in [1.165, 1.54) is 25.7 Å². The van der Waals surface area contributed by atoms with Crippen molar-refractivity contribution in [2.24, 2.45) is 5.92 Å². The maximum absolute atomic E-state index is 5.51. The Kier molecular flexibility index (Phi) is 8.08. The van der Waals surface area contributed by atoms with Gasteiger partial charge in [0.2, 0.25) is 0 Å². The molecule has 3 nitrogen and oxygen atoms in total. The first-order valence-electron chi connectivity index (χ1n) is 8.58. The fraction of sp³-hybridized carbons (Fsp3) is 1.00. The SMILES string of the molecule is CCCNC(CC(C)CCC)C(C)(C)N1CCOCC1. The molecule has 0 amide bonds. The van der Waals surface area contributed by atoms with Gasteiger partial charge in [-0.15, -0.1) is 0 Å². The van der Waals surface area contributed by atoms with Gasteiger partial charge in [-0.25, -0.2) is 0 Å². The van der Waals surface area contributed by atoms with Gasteiger partial charge in [0.1, 0.15) is 0 Å². The summed E-state index contributed by atoms with van der Waals surface area (Å²) < 4.78 is 5.51. The molecule has 0 bridgehead atoms. The van der Waals surface area contributed by atoms with Gasteiger partial charge in [0, 0.05) is 24.7 Å². The van der Waals surface area contributed by atoms with Gasteiger partial charge in [0.25, 0.3) is 0 Å². The molecule has 2 atom stereocenters. The molecule has 1 aliphatic heterocycles. The standard InChI is InChI=1S/C17H36N2O/c1-6-8-15(3)14-16(18-9-7-2)17(4,5)19-10-12-20-13-11-19/h15-16,18H,6-14H2,1-5H3. The van der Waals surface area contributed by atoms with E-state index in [-0.39, 0.29) is 5.54 Å². The smallest absolute Gasteiger partial charge is 0.0594 e. The number of hydrogen-bond donors (Lipinski definition) is 1. The fourth-order valence-corrected chi connectivity index (χ4v) is 3.31. The molecule has 1 heterocycles. The molecule has 1 fully saturated rings. The second kappa shape index (κ2) is 9.01. The van der Waals surface area contributed by atoms with Crippen LogP contribution in [0.2, 0.25) is 0 Å². The molecular formula is C17H36N2O. The minimum atomic E-state index is 0.209. The van der Waals surface area contributed by atoms with Crippen LogP contribution < -0.4 is 5.32 Å². The predicted molar refractivity (Wildman–Crippen MR) is 87.2 cm³/mol. The van der Waals surface area contributed by atoms with Crippen molar-refractivity contribution in [2.45, 2.75) is 71.9 Å². The Labute approximate surface area is 126 Å². The first-order chi connectivity index (χ1) is 9.52. The lowest BCUT2D eigenvalue weighted by Gasteiger charge is -2.47. The maximum atomic E-state index is 5.51. The van der Waals surface area contributed by atoms with Crippen LogP contribution >= 0.6 is 0 Å². The Morgan fingerprint density at radius 3 is 2.35 bits per heavy atom. The van der Waals surface area contributed by atoms with E-state index >= 15 is 0 Å². The van der Waals surface area contributed by atoms with E-state index in [1.54, 1.807) is 0 Å². The number of nitrogens with zero attached hydrogens (tertiary/aromatic N) is 1. The molecule has 0 saturated carbocycles. The van der Waals surface area contributed by atoms with E-state index in [0.717, 1.165) is 38.8 Å². The van der Waals surface area contributed by atoms with Crippen LogP contribution in [0.5, 0.6) is 0 Å². The van der Waals surface area contributed by atoms with E-state index in [4.69, 9.17) is 4.74 Å². The zero-order chi connectivity index (χ0) is 15.0. The highest BCUT2D eigenvalue weighted by Crippen LogP contribution is 2.26. The van der Waals surface area contributed by atoms with Crippen LogP contribution in [0.15, 0.2) is 0 Å². The summed E-state index contributed by atoms with van der Waals surface area (Å²) in [4.78, 5) is 2.61. The molecule has 1 saturated heterocycles. The van der Waals surface area contributed by atoms with Crippen molar-refractivity contribution >= 4 is 0 Å². The predicted octanol–water partition coefficient (Wildman–Crippen LogP) is 3.29.